The van der Waals surface area contributed by atoms with E-state index in [4.69, 9.17) is 11.6 Å². The van der Waals surface area contributed by atoms with E-state index in [2.05, 4.69) is 15.4 Å². The quantitative estimate of drug-likeness (QED) is 0.539. The lowest BCUT2D eigenvalue weighted by molar-refractivity contribution is -0.384. The van der Waals surface area contributed by atoms with Crippen LogP contribution >= 0.6 is 11.6 Å². The van der Waals surface area contributed by atoms with Gasteiger partial charge in [-0.2, -0.15) is 0 Å². The summed E-state index contributed by atoms with van der Waals surface area (Å²) in [4.78, 5) is 21.1. The molecule has 2 rings (SSSR count). The number of urea groups is 1. The number of carbonyl (C=O) groups excluding carboxylic acids is 1. The molecule has 0 saturated carbocycles. The number of nitro groups is 1. The number of anilines is 2. The number of rotatable bonds is 5. The van der Waals surface area contributed by atoms with Crippen molar-refractivity contribution in [2.24, 2.45) is 0 Å². The molecule has 2 aromatic rings. The van der Waals surface area contributed by atoms with Crippen LogP contribution in [-0.4, -0.2) is 26.4 Å². The second-order valence-corrected chi connectivity index (χ2v) is 6.85. The lowest BCUT2D eigenvalue weighted by Crippen LogP contribution is -2.24. The molecular formula is C14H13ClN4O5S. The van der Waals surface area contributed by atoms with Crippen LogP contribution in [0, 0.1) is 10.1 Å². The topological polar surface area (TPSA) is 130 Å². The lowest BCUT2D eigenvalue weighted by atomic mass is 10.3. The molecule has 0 heterocycles. The summed E-state index contributed by atoms with van der Waals surface area (Å²) in [7, 11) is -2.64. The molecule has 0 aromatic heterocycles. The van der Waals surface area contributed by atoms with Crippen LogP contribution in [0.15, 0.2) is 47.4 Å². The summed E-state index contributed by atoms with van der Waals surface area (Å²) in [6.45, 7) is 0. The summed E-state index contributed by atoms with van der Waals surface area (Å²) < 4.78 is 27.1. The van der Waals surface area contributed by atoms with Crippen molar-refractivity contribution in [2.45, 2.75) is 4.90 Å². The largest absolute Gasteiger partial charge is 0.341 e. The second-order valence-electron chi connectivity index (χ2n) is 4.76. The fraction of sp³-hybridized carbons (Fsp3) is 0.0714. The number of nitrogens with zero attached hydrogens (tertiary/aromatic N) is 1. The Hall–Kier alpha value is -2.85. The Labute approximate surface area is 148 Å². The number of carbonyl (C=O) groups is 1. The standard InChI is InChI=1S/C14H13ClN4O5S/c1-16-14(20)17-9-3-2-4-10(7-9)18-25(23,24)11-5-6-12(15)13(8-11)19(21)22/h2-8,18H,1H3,(H2,16,17,20). The summed E-state index contributed by atoms with van der Waals surface area (Å²) in [6.07, 6.45) is 0. The fourth-order valence-corrected chi connectivity index (χ4v) is 3.12. The third-order valence-corrected chi connectivity index (χ3v) is 4.72. The average Bonchev–Trinajstić information content (AvgIpc) is 2.54. The predicted molar refractivity (Wildman–Crippen MR) is 93.4 cm³/mol. The first-order chi connectivity index (χ1) is 11.7. The van der Waals surface area contributed by atoms with Crippen molar-refractivity contribution in [2.75, 3.05) is 17.1 Å². The second kappa shape index (κ2) is 7.36. The van der Waals surface area contributed by atoms with E-state index in [0.717, 1.165) is 18.2 Å². The van der Waals surface area contributed by atoms with Gasteiger partial charge in [-0.25, -0.2) is 13.2 Å². The molecule has 25 heavy (non-hydrogen) atoms. The zero-order valence-electron chi connectivity index (χ0n) is 12.8. The minimum absolute atomic E-state index is 0.166. The number of sulfonamides is 1. The molecule has 0 aliphatic carbocycles. The maximum atomic E-state index is 12.4. The number of hydrogen-bond acceptors (Lipinski definition) is 5. The van der Waals surface area contributed by atoms with Gasteiger partial charge < -0.3 is 10.6 Å². The molecule has 132 valence electrons. The van der Waals surface area contributed by atoms with Crippen molar-refractivity contribution in [1.29, 1.82) is 0 Å². The summed E-state index contributed by atoms with van der Waals surface area (Å²) >= 11 is 5.68. The van der Waals surface area contributed by atoms with Gasteiger partial charge in [-0.1, -0.05) is 17.7 Å². The molecular weight excluding hydrogens is 372 g/mol. The van der Waals surface area contributed by atoms with Crippen LogP contribution < -0.4 is 15.4 Å². The first kappa shape index (κ1) is 18.5. The number of hydrogen-bond donors (Lipinski definition) is 3. The molecule has 9 nitrogen and oxygen atoms in total. The molecule has 0 radical (unpaired) electrons. The van der Waals surface area contributed by atoms with Gasteiger partial charge in [0.1, 0.15) is 5.02 Å². The first-order valence-corrected chi connectivity index (χ1v) is 8.64. The molecule has 0 atom stereocenters. The highest BCUT2D eigenvalue weighted by atomic mass is 35.5. The monoisotopic (exact) mass is 384 g/mol. The molecule has 0 fully saturated rings. The molecule has 2 amide bonds. The molecule has 2 aromatic carbocycles. The third-order valence-electron chi connectivity index (χ3n) is 3.02. The van der Waals surface area contributed by atoms with Crippen LogP contribution in [0.25, 0.3) is 0 Å². The van der Waals surface area contributed by atoms with Crippen LogP contribution in [0.4, 0.5) is 21.9 Å². The third kappa shape index (κ3) is 4.58. The fourth-order valence-electron chi connectivity index (χ4n) is 1.87. The van der Waals surface area contributed by atoms with E-state index < -0.39 is 26.7 Å². The minimum Gasteiger partial charge on any atom is -0.341 e. The number of amides is 2. The minimum atomic E-state index is -4.08. The van der Waals surface area contributed by atoms with Crippen LogP contribution in [0.2, 0.25) is 5.02 Å². The SMILES string of the molecule is CNC(=O)Nc1cccc(NS(=O)(=O)c2ccc(Cl)c([N+](=O)[O-])c2)c1. The van der Waals surface area contributed by atoms with E-state index in [1.165, 1.54) is 25.2 Å². The first-order valence-electron chi connectivity index (χ1n) is 6.78. The Kier molecular flexibility index (Phi) is 5.45. The van der Waals surface area contributed by atoms with Gasteiger partial charge in [-0.15, -0.1) is 0 Å². The summed E-state index contributed by atoms with van der Waals surface area (Å²) in [6, 6.07) is 8.68. The van der Waals surface area contributed by atoms with Gasteiger partial charge in [0.15, 0.2) is 0 Å². The van der Waals surface area contributed by atoms with Gasteiger partial charge in [-0.05, 0) is 30.3 Å². The van der Waals surface area contributed by atoms with Crippen molar-refractivity contribution in [3.8, 4) is 0 Å². The van der Waals surface area contributed by atoms with Crippen molar-refractivity contribution >= 4 is 44.7 Å². The maximum absolute atomic E-state index is 12.4. The zero-order chi connectivity index (χ0) is 18.6. The van der Waals surface area contributed by atoms with Gasteiger partial charge in [0.25, 0.3) is 15.7 Å². The number of benzene rings is 2. The Balaban J connectivity index is 2.30. The van der Waals surface area contributed by atoms with Crippen molar-refractivity contribution in [3.63, 3.8) is 0 Å². The van der Waals surface area contributed by atoms with E-state index in [9.17, 15) is 23.3 Å². The van der Waals surface area contributed by atoms with Crippen LogP contribution in [0.5, 0.6) is 0 Å². The van der Waals surface area contributed by atoms with Crippen LogP contribution in [0.3, 0.4) is 0 Å². The lowest BCUT2D eigenvalue weighted by Gasteiger charge is -2.10. The van der Waals surface area contributed by atoms with E-state index in [1.54, 1.807) is 6.07 Å². The Bertz CT molecular complexity index is 933. The van der Waals surface area contributed by atoms with Crippen LogP contribution in [0.1, 0.15) is 0 Å². The summed E-state index contributed by atoms with van der Waals surface area (Å²) in [5.74, 6) is 0. The van der Waals surface area contributed by atoms with E-state index in [0.29, 0.717) is 5.69 Å². The van der Waals surface area contributed by atoms with E-state index in [-0.39, 0.29) is 15.6 Å². The maximum Gasteiger partial charge on any atom is 0.318 e. The van der Waals surface area contributed by atoms with Gasteiger partial charge >= 0.3 is 6.03 Å². The number of nitro benzene ring substituents is 1. The molecule has 0 bridgehead atoms. The van der Waals surface area contributed by atoms with Crippen molar-refractivity contribution < 1.29 is 18.1 Å². The molecule has 0 spiro atoms. The Morgan fingerprint density at radius 3 is 2.48 bits per heavy atom. The normalized spacial score (nSPS) is 10.8. The number of nitrogens with one attached hydrogen (secondary N) is 3. The highest BCUT2D eigenvalue weighted by Gasteiger charge is 2.21. The number of halogens is 1. The molecule has 0 aliphatic heterocycles. The van der Waals surface area contributed by atoms with E-state index >= 15 is 0 Å². The Morgan fingerprint density at radius 1 is 1.16 bits per heavy atom. The van der Waals surface area contributed by atoms with Crippen molar-refractivity contribution in [3.05, 3.63) is 57.6 Å². The highest BCUT2D eigenvalue weighted by Crippen LogP contribution is 2.28. The molecule has 3 N–H and O–H groups in total. The molecule has 11 heteroatoms. The Morgan fingerprint density at radius 2 is 1.84 bits per heavy atom. The van der Waals surface area contributed by atoms with Crippen LogP contribution in [-0.2, 0) is 10.0 Å². The summed E-state index contributed by atoms with van der Waals surface area (Å²) in [5, 5.41) is 15.6. The van der Waals surface area contributed by atoms with Gasteiger partial charge in [0.05, 0.1) is 15.5 Å². The predicted octanol–water partition coefficient (Wildman–Crippen LogP) is 2.80. The van der Waals surface area contributed by atoms with Crippen molar-refractivity contribution in [1.82, 2.24) is 5.32 Å². The van der Waals surface area contributed by atoms with E-state index in [1.807, 2.05) is 0 Å². The smallest absolute Gasteiger partial charge is 0.318 e. The van der Waals surface area contributed by atoms with Gasteiger partial charge in [0.2, 0.25) is 0 Å². The van der Waals surface area contributed by atoms with Gasteiger partial charge in [-0.3, -0.25) is 14.8 Å². The molecule has 0 aliphatic rings. The molecule has 0 unspecified atom stereocenters. The zero-order valence-corrected chi connectivity index (χ0v) is 14.4. The summed E-state index contributed by atoms with van der Waals surface area (Å²) in [5.41, 5.74) is 0.0210. The highest BCUT2D eigenvalue weighted by molar-refractivity contribution is 7.92. The average molecular weight is 385 g/mol. The van der Waals surface area contributed by atoms with Gasteiger partial charge in [0, 0.05) is 18.8 Å². The molecule has 0 saturated heterocycles.